The molecule has 0 radical (unpaired) electrons. The number of benzene rings is 2. The second kappa shape index (κ2) is 10.7. The molecule has 30 heavy (non-hydrogen) atoms. The molecule has 11 heteroatoms. The number of hydrogen-bond donors (Lipinski definition) is 1. The third-order valence-electron chi connectivity index (χ3n) is 3.66. The second-order valence-electron chi connectivity index (χ2n) is 5.76. The van der Waals surface area contributed by atoms with Gasteiger partial charge in [-0.05, 0) is 31.2 Å². The smallest absolute Gasteiger partial charge is 0.344 e. The fourth-order valence-corrected chi connectivity index (χ4v) is 3.09. The number of nitrogens with one attached hydrogen (secondary N) is 1. The average Bonchev–Trinajstić information content (AvgIpc) is 2.72. The maximum atomic E-state index is 12.0. The van der Waals surface area contributed by atoms with Crippen LogP contribution in [-0.2, 0) is 14.3 Å². The van der Waals surface area contributed by atoms with Gasteiger partial charge >= 0.3 is 5.97 Å². The SMILES string of the molecule is COc1cc(C(C)=O)ccc1OCC(=O)OCC(=O)Nc1c(Cl)c(Cl)cc(Cl)c1Cl. The Labute approximate surface area is 192 Å². The van der Waals surface area contributed by atoms with Crippen LogP contribution in [0.3, 0.4) is 0 Å². The van der Waals surface area contributed by atoms with E-state index in [-0.39, 0.29) is 43.1 Å². The van der Waals surface area contributed by atoms with Crippen LogP contribution in [0.25, 0.3) is 0 Å². The van der Waals surface area contributed by atoms with E-state index in [2.05, 4.69) is 5.32 Å². The molecule has 0 aliphatic carbocycles. The van der Waals surface area contributed by atoms with Gasteiger partial charge in [0.25, 0.3) is 5.91 Å². The van der Waals surface area contributed by atoms with Crippen LogP contribution < -0.4 is 14.8 Å². The zero-order valence-electron chi connectivity index (χ0n) is 15.7. The van der Waals surface area contributed by atoms with Crippen molar-refractivity contribution >= 4 is 69.8 Å². The fraction of sp³-hybridized carbons (Fsp3) is 0.211. The van der Waals surface area contributed by atoms with Crippen molar-refractivity contribution in [2.45, 2.75) is 6.92 Å². The minimum absolute atomic E-state index is 0.00318. The number of methoxy groups -OCH3 is 1. The molecule has 0 saturated carbocycles. The van der Waals surface area contributed by atoms with E-state index < -0.39 is 25.1 Å². The number of Topliss-reactive ketones (excluding diaryl/α,β-unsaturated/α-hetero) is 1. The molecule has 2 aromatic rings. The van der Waals surface area contributed by atoms with Gasteiger partial charge in [-0.15, -0.1) is 0 Å². The highest BCUT2D eigenvalue weighted by molar-refractivity contribution is 6.50. The van der Waals surface area contributed by atoms with E-state index in [1.165, 1.54) is 38.3 Å². The van der Waals surface area contributed by atoms with E-state index in [1.54, 1.807) is 0 Å². The van der Waals surface area contributed by atoms with Crippen LogP contribution >= 0.6 is 46.4 Å². The summed E-state index contributed by atoms with van der Waals surface area (Å²) in [4.78, 5) is 35.3. The molecule has 0 saturated heterocycles. The predicted octanol–water partition coefficient (Wildman–Crippen LogP) is 5.07. The summed E-state index contributed by atoms with van der Waals surface area (Å²) in [5.41, 5.74) is 0.431. The van der Waals surface area contributed by atoms with Gasteiger partial charge in [0.05, 0.1) is 32.9 Å². The quantitative estimate of drug-likeness (QED) is 0.313. The lowest BCUT2D eigenvalue weighted by molar-refractivity contribution is -0.149. The van der Waals surface area contributed by atoms with Crippen LogP contribution in [0, 0.1) is 0 Å². The molecule has 0 heterocycles. The van der Waals surface area contributed by atoms with E-state index in [0.29, 0.717) is 5.56 Å². The number of ketones is 1. The Hall–Kier alpha value is -2.19. The number of rotatable bonds is 8. The van der Waals surface area contributed by atoms with Crippen molar-refractivity contribution in [1.82, 2.24) is 0 Å². The van der Waals surface area contributed by atoms with Crippen LogP contribution in [0.15, 0.2) is 24.3 Å². The van der Waals surface area contributed by atoms with Crippen molar-refractivity contribution in [3.63, 3.8) is 0 Å². The van der Waals surface area contributed by atoms with Gasteiger partial charge in [0.1, 0.15) is 0 Å². The predicted molar refractivity (Wildman–Crippen MR) is 115 cm³/mol. The van der Waals surface area contributed by atoms with Gasteiger partial charge in [0.2, 0.25) is 0 Å². The number of esters is 1. The monoisotopic (exact) mass is 493 g/mol. The third-order valence-corrected chi connectivity index (χ3v) is 5.23. The Balaban J connectivity index is 1.91. The van der Waals surface area contributed by atoms with Crippen molar-refractivity contribution in [1.29, 1.82) is 0 Å². The van der Waals surface area contributed by atoms with Crippen molar-refractivity contribution in [2.24, 2.45) is 0 Å². The fourth-order valence-electron chi connectivity index (χ4n) is 2.19. The van der Waals surface area contributed by atoms with E-state index in [0.717, 1.165) is 0 Å². The molecule has 0 fully saturated rings. The Morgan fingerprint density at radius 1 is 0.933 bits per heavy atom. The molecule has 1 amide bonds. The zero-order chi connectivity index (χ0) is 22.4. The summed E-state index contributed by atoms with van der Waals surface area (Å²) in [5, 5.41) is 2.56. The van der Waals surface area contributed by atoms with E-state index in [9.17, 15) is 14.4 Å². The lowest BCUT2D eigenvalue weighted by atomic mass is 10.1. The number of ether oxygens (including phenoxy) is 3. The first kappa shape index (κ1) is 24.1. The number of carbonyl (C=O) groups is 3. The Bertz CT molecular complexity index is 969. The lowest BCUT2D eigenvalue weighted by Gasteiger charge is -2.13. The molecule has 7 nitrogen and oxygen atoms in total. The highest BCUT2D eigenvalue weighted by Gasteiger charge is 2.18. The number of halogens is 4. The minimum atomic E-state index is -0.816. The summed E-state index contributed by atoms with van der Waals surface area (Å²) >= 11 is 23.8. The summed E-state index contributed by atoms with van der Waals surface area (Å²) in [5.74, 6) is -1.17. The maximum absolute atomic E-state index is 12.0. The van der Waals surface area contributed by atoms with Crippen LogP contribution in [-0.4, -0.2) is 38.0 Å². The van der Waals surface area contributed by atoms with Crippen LogP contribution in [0.5, 0.6) is 11.5 Å². The van der Waals surface area contributed by atoms with E-state index in [1.807, 2.05) is 0 Å². The Kier molecular flexibility index (Phi) is 8.61. The minimum Gasteiger partial charge on any atom is -0.493 e. The first-order valence-corrected chi connectivity index (χ1v) is 9.75. The average molecular weight is 495 g/mol. The highest BCUT2D eigenvalue weighted by atomic mass is 35.5. The van der Waals surface area contributed by atoms with Crippen molar-refractivity contribution in [3.05, 3.63) is 49.9 Å². The molecule has 0 bridgehead atoms. The standard InChI is InChI=1S/C19H15Cl4NO6/c1-9(25)10-3-4-13(14(5-10)28-2)29-8-16(27)30-7-15(26)24-19-17(22)11(20)6-12(21)18(19)23/h3-6H,7-8H2,1-2H3,(H,24,26). The second-order valence-corrected chi connectivity index (χ2v) is 7.33. The largest absolute Gasteiger partial charge is 0.493 e. The Morgan fingerprint density at radius 2 is 1.57 bits per heavy atom. The van der Waals surface area contributed by atoms with Crippen molar-refractivity contribution < 1.29 is 28.6 Å². The highest BCUT2D eigenvalue weighted by Crippen LogP contribution is 2.41. The Morgan fingerprint density at radius 3 is 2.13 bits per heavy atom. The molecule has 0 unspecified atom stereocenters. The van der Waals surface area contributed by atoms with Crippen molar-refractivity contribution in [3.8, 4) is 11.5 Å². The molecule has 0 aliphatic rings. The van der Waals surface area contributed by atoms with E-state index >= 15 is 0 Å². The molecule has 1 N–H and O–H groups in total. The summed E-state index contributed by atoms with van der Waals surface area (Å²) in [7, 11) is 1.40. The lowest BCUT2D eigenvalue weighted by Crippen LogP contribution is -2.24. The first-order chi connectivity index (χ1) is 14.1. The van der Waals surface area contributed by atoms with E-state index in [4.69, 9.17) is 60.6 Å². The summed E-state index contributed by atoms with van der Waals surface area (Å²) in [6.07, 6.45) is 0. The van der Waals surface area contributed by atoms with Crippen LogP contribution in [0.1, 0.15) is 17.3 Å². The summed E-state index contributed by atoms with van der Waals surface area (Å²) in [6, 6.07) is 5.84. The van der Waals surface area contributed by atoms with Gasteiger partial charge in [0.15, 0.2) is 30.5 Å². The molecule has 2 rings (SSSR count). The third kappa shape index (κ3) is 6.15. The molecular formula is C19H15Cl4NO6. The van der Waals surface area contributed by atoms with Gasteiger partial charge in [0, 0.05) is 5.56 Å². The van der Waals surface area contributed by atoms with Gasteiger partial charge in [-0.1, -0.05) is 46.4 Å². The molecular weight excluding hydrogens is 480 g/mol. The maximum Gasteiger partial charge on any atom is 0.344 e. The number of anilines is 1. The topological polar surface area (TPSA) is 90.9 Å². The normalized spacial score (nSPS) is 10.3. The molecule has 0 aromatic heterocycles. The molecule has 0 spiro atoms. The summed E-state index contributed by atoms with van der Waals surface area (Å²) in [6.45, 7) is 0.294. The van der Waals surface area contributed by atoms with Crippen LogP contribution in [0.2, 0.25) is 20.1 Å². The molecule has 2 aromatic carbocycles. The zero-order valence-corrected chi connectivity index (χ0v) is 18.7. The van der Waals surface area contributed by atoms with Crippen molar-refractivity contribution in [2.75, 3.05) is 25.6 Å². The van der Waals surface area contributed by atoms with Gasteiger partial charge in [-0.3, -0.25) is 9.59 Å². The summed E-state index contributed by atoms with van der Waals surface area (Å²) < 4.78 is 15.3. The molecule has 0 atom stereocenters. The van der Waals surface area contributed by atoms with Gasteiger partial charge in [-0.25, -0.2) is 4.79 Å². The first-order valence-electron chi connectivity index (χ1n) is 8.24. The molecule has 0 aliphatic heterocycles. The molecule has 160 valence electrons. The van der Waals surface area contributed by atoms with Gasteiger partial charge in [-0.2, -0.15) is 0 Å². The number of hydrogen-bond acceptors (Lipinski definition) is 6. The van der Waals surface area contributed by atoms with Crippen LogP contribution in [0.4, 0.5) is 5.69 Å². The van der Waals surface area contributed by atoms with Gasteiger partial charge < -0.3 is 19.5 Å². The number of amides is 1. The number of carbonyl (C=O) groups excluding carboxylic acids is 3.